The summed E-state index contributed by atoms with van der Waals surface area (Å²) in [6, 6.07) is 8.80. The monoisotopic (exact) mass is 249 g/mol. The molecule has 1 heterocycles. The lowest BCUT2D eigenvalue weighted by Crippen LogP contribution is -2.24. The van der Waals surface area contributed by atoms with Gasteiger partial charge in [-0.15, -0.1) is 0 Å². The molecule has 100 valence electrons. The van der Waals surface area contributed by atoms with E-state index in [-0.39, 0.29) is 0 Å². The summed E-state index contributed by atoms with van der Waals surface area (Å²) in [5.74, 6) is 1.42. The maximum absolute atomic E-state index is 5.74. The fourth-order valence-corrected chi connectivity index (χ4v) is 2.16. The Balaban J connectivity index is 1.64. The van der Waals surface area contributed by atoms with Crippen molar-refractivity contribution in [1.29, 1.82) is 0 Å². The van der Waals surface area contributed by atoms with E-state index < -0.39 is 0 Å². The summed E-state index contributed by atoms with van der Waals surface area (Å²) in [4.78, 5) is 0. The second kappa shape index (κ2) is 6.76. The molecule has 0 radical (unpaired) electrons. The van der Waals surface area contributed by atoms with Crippen molar-refractivity contribution >= 4 is 0 Å². The molecule has 0 saturated heterocycles. The molecule has 1 unspecified atom stereocenters. The van der Waals surface area contributed by atoms with Crippen molar-refractivity contribution in [3.05, 3.63) is 29.8 Å². The third-order valence-corrected chi connectivity index (χ3v) is 3.14. The normalized spacial score (nSPS) is 17.8. The lowest BCUT2D eigenvalue weighted by Gasteiger charge is -2.11. The van der Waals surface area contributed by atoms with Gasteiger partial charge in [-0.3, -0.25) is 0 Å². The minimum absolute atomic E-state index is 0.402. The zero-order valence-electron chi connectivity index (χ0n) is 11.3. The van der Waals surface area contributed by atoms with Crippen LogP contribution in [-0.4, -0.2) is 32.4 Å². The standard InChI is InChI=1S/C15H23NO2/c1-12(2)16-8-5-9-17-10-13-11-18-15-7-4-3-6-14(13)15/h3-4,6-7,12-13,16H,5,8-11H2,1-2H3. The Kier molecular flexibility index (Phi) is 5.02. The Morgan fingerprint density at radius 2 is 2.22 bits per heavy atom. The predicted molar refractivity (Wildman–Crippen MR) is 73.3 cm³/mol. The van der Waals surface area contributed by atoms with Crippen molar-refractivity contribution in [3.8, 4) is 5.75 Å². The maximum atomic E-state index is 5.74. The highest BCUT2D eigenvalue weighted by atomic mass is 16.5. The summed E-state index contributed by atoms with van der Waals surface area (Å²) in [6.07, 6.45) is 1.06. The highest BCUT2D eigenvalue weighted by Gasteiger charge is 2.23. The van der Waals surface area contributed by atoms with E-state index in [1.165, 1.54) is 5.56 Å². The van der Waals surface area contributed by atoms with Crippen molar-refractivity contribution in [3.63, 3.8) is 0 Å². The quantitative estimate of drug-likeness (QED) is 0.753. The topological polar surface area (TPSA) is 30.5 Å². The van der Waals surface area contributed by atoms with Crippen molar-refractivity contribution in [2.45, 2.75) is 32.2 Å². The number of hydrogen-bond donors (Lipinski definition) is 1. The summed E-state index contributed by atoms with van der Waals surface area (Å²) >= 11 is 0. The third kappa shape index (κ3) is 3.72. The SMILES string of the molecule is CC(C)NCCCOCC1COc2ccccc21. The molecule has 1 atom stereocenters. The number of benzene rings is 1. The number of hydrogen-bond acceptors (Lipinski definition) is 3. The van der Waals surface area contributed by atoms with Crippen molar-refractivity contribution in [2.24, 2.45) is 0 Å². The van der Waals surface area contributed by atoms with Crippen LogP contribution in [0.2, 0.25) is 0 Å². The van der Waals surface area contributed by atoms with Gasteiger partial charge in [-0.1, -0.05) is 32.0 Å². The van der Waals surface area contributed by atoms with E-state index >= 15 is 0 Å². The average Bonchev–Trinajstić information content (AvgIpc) is 2.77. The number of nitrogens with one attached hydrogen (secondary N) is 1. The molecule has 3 heteroatoms. The van der Waals surface area contributed by atoms with Crippen LogP contribution < -0.4 is 10.1 Å². The molecule has 1 N–H and O–H groups in total. The molecule has 0 spiro atoms. The van der Waals surface area contributed by atoms with Crippen molar-refractivity contribution in [1.82, 2.24) is 5.32 Å². The van der Waals surface area contributed by atoms with E-state index in [0.29, 0.717) is 12.0 Å². The molecule has 1 aromatic carbocycles. The molecule has 0 bridgehead atoms. The Hall–Kier alpha value is -1.06. The molecule has 1 aromatic rings. The fourth-order valence-electron chi connectivity index (χ4n) is 2.16. The molecule has 0 fully saturated rings. The average molecular weight is 249 g/mol. The Morgan fingerprint density at radius 3 is 3.06 bits per heavy atom. The minimum Gasteiger partial charge on any atom is -0.493 e. The van der Waals surface area contributed by atoms with Gasteiger partial charge >= 0.3 is 0 Å². The van der Waals surface area contributed by atoms with Crippen molar-refractivity contribution < 1.29 is 9.47 Å². The van der Waals surface area contributed by atoms with Crippen LogP contribution in [-0.2, 0) is 4.74 Å². The summed E-state index contributed by atoms with van der Waals surface area (Å²) in [5, 5.41) is 3.38. The molecule has 0 saturated carbocycles. The second-order valence-electron chi connectivity index (χ2n) is 5.08. The maximum Gasteiger partial charge on any atom is 0.123 e. The summed E-state index contributed by atoms with van der Waals surface area (Å²) < 4.78 is 11.4. The molecule has 2 rings (SSSR count). The van der Waals surface area contributed by atoms with E-state index in [2.05, 4.69) is 31.3 Å². The lowest BCUT2D eigenvalue weighted by atomic mass is 10.0. The van der Waals surface area contributed by atoms with Crippen LogP contribution >= 0.6 is 0 Å². The van der Waals surface area contributed by atoms with Gasteiger partial charge in [-0.2, -0.15) is 0 Å². The van der Waals surface area contributed by atoms with Gasteiger partial charge in [0.15, 0.2) is 0 Å². The first-order valence-corrected chi connectivity index (χ1v) is 6.80. The van der Waals surface area contributed by atoms with E-state index in [4.69, 9.17) is 9.47 Å². The van der Waals surface area contributed by atoms with Gasteiger partial charge in [0.1, 0.15) is 5.75 Å². The Morgan fingerprint density at radius 1 is 1.39 bits per heavy atom. The minimum atomic E-state index is 0.402. The van der Waals surface area contributed by atoms with Gasteiger partial charge in [0.2, 0.25) is 0 Å². The van der Waals surface area contributed by atoms with E-state index in [1.54, 1.807) is 0 Å². The molecule has 0 aliphatic carbocycles. The van der Waals surface area contributed by atoms with E-state index in [1.807, 2.05) is 12.1 Å². The first-order valence-electron chi connectivity index (χ1n) is 6.80. The molecule has 0 aromatic heterocycles. The Labute approximate surface area is 109 Å². The van der Waals surface area contributed by atoms with Crippen molar-refractivity contribution in [2.75, 3.05) is 26.4 Å². The van der Waals surface area contributed by atoms with Crippen LogP contribution in [0.1, 0.15) is 31.7 Å². The molecule has 0 amide bonds. The molecule has 18 heavy (non-hydrogen) atoms. The molecule has 1 aliphatic heterocycles. The molecular formula is C15H23NO2. The Bertz CT molecular complexity index is 365. The van der Waals surface area contributed by atoms with Crippen LogP contribution in [0.3, 0.4) is 0 Å². The zero-order valence-corrected chi connectivity index (χ0v) is 11.3. The van der Waals surface area contributed by atoms with Gasteiger partial charge < -0.3 is 14.8 Å². The van der Waals surface area contributed by atoms with Gasteiger partial charge in [-0.25, -0.2) is 0 Å². The number of para-hydroxylation sites is 1. The second-order valence-corrected chi connectivity index (χ2v) is 5.08. The summed E-state index contributed by atoms with van der Waals surface area (Å²) in [6.45, 7) is 7.68. The molecular weight excluding hydrogens is 226 g/mol. The van der Waals surface area contributed by atoms with Crippen LogP contribution in [0.25, 0.3) is 0 Å². The van der Waals surface area contributed by atoms with Crippen LogP contribution in [0, 0.1) is 0 Å². The highest BCUT2D eigenvalue weighted by Crippen LogP contribution is 2.33. The molecule has 1 aliphatic rings. The van der Waals surface area contributed by atoms with E-state index in [9.17, 15) is 0 Å². The van der Waals surface area contributed by atoms with Crippen LogP contribution in [0.4, 0.5) is 0 Å². The predicted octanol–water partition coefficient (Wildman–Crippen LogP) is 2.57. The number of ether oxygens (including phenoxy) is 2. The zero-order chi connectivity index (χ0) is 12.8. The number of fused-ring (bicyclic) bond motifs is 1. The highest BCUT2D eigenvalue weighted by molar-refractivity contribution is 5.39. The van der Waals surface area contributed by atoms with Gasteiger partial charge in [0, 0.05) is 24.1 Å². The van der Waals surface area contributed by atoms with Crippen LogP contribution in [0.5, 0.6) is 5.75 Å². The fraction of sp³-hybridized carbons (Fsp3) is 0.600. The largest absolute Gasteiger partial charge is 0.493 e. The number of rotatable bonds is 7. The van der Waals surface area contributed by atoms with E-state index in [0.717, 1.165) is 38.5 Å². The van der Waals surface area contributed by atoms with Gasteiger partial charge in [0.25, 0.3) is 0 Å². The van der Waals surface area contributed by atoms with Gasteiger partial charge in [0.05, 0.1) is 13.2 Å². The van der Waals surface area contributed by atoms with Crippen LogP contribution in [0.15, 0.2) is 24.3 Å². The summed E-state index contributed by atoms with van der Waals surface area (Å²) in [5.41, 5.74) is 1.29. The first kappa shape index (κ1) is 13.4. The third-order valence-electron chi connectivity index (χ3n) is 3.14. The summed E-state index contributed by atoms with van der Waals surface area (Å²) in [7, 11) is 0. The smallest absolute Gasteiger partial charge is 0.123 e. The first-order chi connectivity index (χ1) is 8.77. The van der Waals surface area contributed by atoms with Gasteiger partial charge in [-0.05, 0) is 19.0 Å². The lowest BCUT2D eigenvalue weighted by molar-refractivity contribution is 0.110. The molecule has 3 nitrogen and oxygen atoms in total.